The molecule has 1 aliphatic carbocycles. The lowest BCUT2D eigenvalue weighted by atomic mass is 9.57. The van der Waals surface area contributed by atoms with Crippen molar-refractivity contribution in [3.8, 4) is 0 Å². The summed E-state index contributed by atoms with van der Waals surface area (Å²) in [5.41, 5.74) is 8.71. The molecule has 1 heterocycles. The number of aryl methyl sites for hydroxylation is 1. The van der Waals surface area contributed by atoms with E-state index < -0.39 is 0 Å². The highest BCUT2D eigenvalue weighted by atomic mass is 32.1. The van der Waals surface area contributed by atoms with E-state index >= 15 is 0 Å². The summed E-state index contributed by atoms with van der Waals surface area (Å²) in [4.78, 5) is 1.39. The van der Waals surface area contributed by atoms with E-state index in [0.29, 0.717) is 10.8 Å². The van der Waals surface area contributed by atoms with Crippen molar-refractivity contribution in [1.29, 1.82) is 0 Å². The van der Waals surface area contributed by atoms with Crippen LogP contribution in [0.25, 0.3) is 0 Å². The van der Waals surface area contributed by atoms with Crippen molar-refractivity contribution in [3.05, 3.63) is 21.9 Å². The minimum atomic E-state index is -0.130. The van der Waals surface area contributed by atoms with Crippen LogP contribution in [0.15, 0.2) is 11.4 Å². The highest BCUT2D eigenvalue weighted by Crippen LogP contribution is 2.53. The molecule has 1 nitrogen and oxygen atoms in total. The molecule has 1 aromatic rings. The molecule has 0 bridgehead atoms. The minimum absolute atomic E-state index is 0.130. The van der Waals surface area contributed by atoms with Crippen LogP contribution in [0.2, 0.25) is 0 Å². The Labute approximate surface area is 109 Å². The average Bonchev–Trinajstić information content (AvgIpc) is 2.44. The van der Waals surface area contributed by atoms with Gasteiger partial charge in [-0.2, -0.15) is 0 Å². The van der Waals surface area contributed by atoms with Crippen LogP contribution in [0.4, 0.5) is 0 Å². The van der Waals surface area contributed by atoms with Crippen LogP contribution in [0.3, 0.4) is 0 Å². The fraction of sp³-hybridized carbons (Fsp3) is 0.733. The topological polar surface area (TPSA) is 26.0 Å². The van der Waals surface area contributed by atoms with Crippen molar-refractivity contribution in [2.24, 2.45) is 16.6 Å². The highest BCUT2D eigenvalue weighted by Gasteiger charge is 2.46. The summed E-state index contributed by atoms with van der Waals surface area (Å²) < 4.78 is 0. The highest BCUT2D eigenvalue weighted by molar-refractivity contribution is 7.10. The summed E-state index contributed by atoms with van der Waals surface area (Å²) in [6.07, 6.45) is 3.46. The molecule has 1 fully saturated rings. The zero-order valence-corrected chi connectivity index (χ0v) is 12.6. The van der Waals surface area contributed by atoms with E-state index in [9.17, 15) is 0 Å². The molecule has 0 saturated heterocycles. The maximum Gasteiger partial charge on any atom is 0.0430 e. The second-order valence-corrected chi connectivity index (χ2v) is 8.53. The molecule has 0 unspecified atom stereocenters. The lowest BCUT2D eigenvalue weighted by Crippen LogP contribution is -2.49. The Morgan fingerprint density at radius 1 is 1.06 bits per heavy atom. The molecule has 0 atom stereocenters. The number of rotatable bonds is 1. The van der Waals surface area contributed by atoms with Gasteiger partial charge in [-0.3, -0.25) is 0 Å². The van der Waals surface area contributed by atoms with Gasteiger partial charge in [-0.05, 0) is 54.0 Å². The molecule has 1 aromatic heterocycles. The van der Waals surface area contributed by atoms with Gasteiger partial charge in [0.05, 0.1) is 0 Å². The summed E-state index contributed by atoms with van der Waals surface area (Å²) in [5.74, 6) is 0. The van der Waals surface area contributed by atoms with E-state index in [2.05, 4.69) is 46.1 Å². The predicted octanol–water partition coefficient (Wildman–Crippen LogP) is 4.45. The first-order valence-corrected chi connectivity index (χ1v) is 7.35. The first-order valence-electron chi connectivity index (χ1n) is 6.47. The van der Waals surface area contributed by atoms with Crippen LogP contribution in [-0.2, 0) is 5.54 Å². The lowest BCUT2D eigenvalue weighted by molar-refractivity contribution is 0.0470. The van der Waals surface area contributed by atoms with Gasteiger partial charge in [0, 0.05) is 10.4 Å². The SMILES string of the molecule is Cc1sccc1C1(N)CC(C)(C)CC(C)(C)C1. The van der Waals surface area contributed by atoms with Crippen molar-refractivity contribution in [3.63, 3.8) is 0 Å². The van der Waals surface area contributed by atoms with Gasteiger partial charge in [-0.15, -0.1) is 11.3 Å². The Hall–Kier alpha value is -0.340. The Morgan fingerprint density at radius 2 is 1.59 bits per heavy atom. The van der Waals surface area contributed by atoms with Gasteiger partial charge < -0.3 is 5.73 Å². The van der Waals surface area contributed by atoms with Crippen molar-refractivity contribution < 1.29 is 0 Å². The van der Waals surface area contributed by atoms with Crippen LogP contribution < -0.4 is 5.73 Å². The minimum Gasteiger partial charge on any atom is -0.321 e. The summed E-state index contributed by atoms with van der Waals surface area (Å²) in [6.45, 7) is 11.6. The van der Waals surface area contributed by atoms with Crippen LogP contribution in [0, 0.1) is 17.8 Å². The molecule has 2 rings (SSSR count). The largest absolute Gasteiger partial charge is 0.321 e. The number of nitrogens with two attached hydrogens (primary N) is 1. The third-order valence-electron chi connectivity index (χ3n) is 3.94. The summed E-state index contributed by atoms with van der Waals surface area (Å²) in [6, 6.07) is 2.23. The smallest absolute Gasteiger partial charge is 0.0430 e. The van der Waals surface area contributed by atoms with Crippen LogP contribution >= 0.6 is 11.3 Å². The first kappa shape index (κ1) is 13.1. The molecule has 0 aromatic carbocycles. The van der Waals surface area contributed by atoms with E-state index in [-0.39, 0.29) is 5.54 Å². The Balaban J connectivity index is 2.41. The van der Waals surface area contributed by atoms with Crippen LogP contribution in [-0.4, -0.2) is 0 Å². The summed E-state index contributed by atoms with van der Waals surface area (Å²) >= 11 is 1.82. The molecule has 17 heavy (non-hydrogen) atoms. The van der Waals surface area contributed by atoms with Gasteiger partial charge in [-0.1, -0.05) is 27.7 Å². The average molecular weight is 251 g/mol. The number of hydrogen-bond acceptors (Lipinski definition) is 2. The number of hydrogen-bond donors (Lipinski definition) is 1. The monoisotopic (exact) mass is 251 g/mol. The second-order valence-electron chi connectivity index (χ2n) is 7.41. The van der Waals surface area contributed by atoms with E-state index in [1.165, 1.54) is 16.9 Å². The quantitative estimate of drug-likeness (QED) is 0.784. The molecular weight excluding hydrogens is 226 g/mol. The lowest BCUT2D eigenvalue weighted by Gasteiger charge is -2.50. The van der Waals surface area contributed by atoms with Gasteiger partial charge in [0.25, 0.3) is 0 Å². The second kappa shape index (κ2) is 3.83. The Morgan fingerprint density at radius 3 is 2.00 bits per heavy atom. The molecule has 1 saturated carbocycles. The van der Waals surface area contributed by atoms with Gasteiger partial charge in [0.15, 0.2) is 0 Å². The maximum atomic E-state index is 6.78. The molecule has 1 aliphatic rings. The normalized spacial score (nSPS) is 25.8. The predicted molar refractivity (Wildman–Crippen MR) is 76.3 cm³/mol. The van der Waals surface area contributed by atoms with Gasteiger partial charge in [-0.25, -0.2) is 0 Å². The van der Waals surface area contributed by atoms with E-state index in [1.807, 2.05) is 11.3 Å². The zero-order valence-electron chi connectivity index (χ0n) is 11.8. The van der Waals surface area contributed by atoms with Crippen molar-refractivity contribution >= 4 is 11.3 Å². The Kier molecular flexibility index (Phi) is 2.95. The third kappa shape index (κ3) is 2.58. The van der Waals surface area contributed by atoms with E-state index in [1.54, 1.807) is 0 Å². The molecule has 0 radical (unpaired) electrons. The molecule has 0 spiro atoms. The molecule has 0 amide bonds. The molecule has 96 valence electrons. The molecular formula is C15H25NS. The number of thiophene rings is 1. The fourth-order valence-electron chi connectivity index (χ4n) is 4.28. The van der Waals surface area contributed by atoms with E-state index in [4.69, 9.17) is 5.73 Å². The zero-order chi connectivity index (χ0) is 12.9. The standard InChI is InChI=1S/C15H25NS/c1-11-12(6-7-17-11)15(16)9-13(2,3)8-14(4,5)10-15/h6-7H,8-10,16H2,1-5H3. The van der Waals surface area contributed by atoms with Crippen molar-refractivity contribution in [1.82, 2.24) is 0 Å². The van der Waals surface area contributed by atoms with Crippen LogP contribution in [0.5, 0.6) is 0 Å². The van der Waals surface area contributed by atoms with Gasteiger partial charge in [0.2, 0.25) is 0 Å². The summed E-state index contributed by atoms with van der Waals surface area (Å²) in [7, 11) is 0. The fourth-order valence-corrected chi connectivity index (χ4v) is 5.09. The van der Waals surface area contributed by atoms with Gasteiger partial charge >= 0.3 is 0 Å². The van der Waals surface area contributed by atoms with Gasteiger partial charge in [0.1, 0.15) is 0 Å². The third-order valence-corrected chi connectivity index (χ3v) is 4.79. The molecule has 0 aliphatic heterocycles. The molecule has 2 N–H and O–H groups in total. The van der Waals surface area contributed by atoms with Crippen LogP contribution in [0.1, 0.15) is 57.4 Å². The van der Waals surface area contributed by atoms with Crippen molar-refractivity contribution in [2.75, 3.05) is 0 Å². The molecule has 2 heteroatoms. The maximum absolute atomic E-state index is 6.78. The summed E-state index contributed by atoms with van der Waals surface area (Å²) in [5, 5.41) is 2.17. The Bertz CT molecular complexity index is 398. The first-order chi connectivity index (χ1) is 7.64. The van der Waals surface area contributed by atoms with E-state index in [0.717, 1.165) is 12.8 Å². The van der Waals surface area contributed by atoms with Crippen molar-refractivity contribution in [2.45, 2.75) is 59.4 Å².